The predicted octanol–water partition coefficient (Wildman–Crippen LogP) is 4.21. The number of methoxy groups -OCH3 is 2. The number of nitrogens with one attached hydrogen (secondary N) is 1. The Bertz CT molecular complexity index is 1210. The highest BCUT2D eigenvalue weighted by molar-refractivity contribution is 5.91. The topological polar surface area (TPSA) is 106 Å². The molecule has 198 valence electrons. The van der Waals surface area contributed by atoms with Gasteiger partial charge in [0.1, 0.15) is 5.82 Å². The van der Waals surface area contributed by atoms with Crippen LogP contribution in [0.5, 0.6) is 11.5 Å². The number of amides is 2. The van der Waals surface area contributed by atoms with Gasteiger partial charge in [0, 0.05) is 50.1 Å². The minimum atomic E-state index is -0.152. The number of piperidine rings is 1. The minimum absolute atomic E-state index is 0.0264. The van der Waals surface area contributed by atoms with Crippen LogP contribution in [-0.2, 0) is 5.41 Å². The van der Waals surface area contributed by atoms with Crippen molar-refractivity contribution in [1.82, 2.24) is 20.2 Å². The molecule has 1 saturated heterocycles. The zero-order chi connectivity index (χ0) is 26.4. The van der Waals surface area contributed by atoms with Crippen LogP contribution in [0.25, 0.3) is 10.9 Å². The van der Waals surface area contributed by atoms with Crippen LogP contribution < -0.4 is 25.4 Å². The van der Waals surface area contributed by atoms with Crippen molar-refractivity contribution in [3.05, 3.63) is 48.0 Å². The Balaban J connectivity index is 1.59. The highest BCUT2D eigenvalue weighted by atomic mass is 16.5. The number of likely N-dealkylation sites (tertiary alicyclic amines) is 1. The van der Waals surface area contributed by atoms with Gasteiger partial charge in [-0.3, -0.25) is 0 Å². The number of anilines is 2. The van der Waals surface area contributed by atoms with Crippen LogP contribution in [-0.4, -0.2) is 68.3 Å². The van der Waals surface area contributed by atoms with Gasteiger partial charge in [-0.25, -0.2) is 9.78 Å². The van der Waals surface area contributed by atoms with Gasteiger partial charge < -0.3 is 30.3 Å². The lowest BCUT2D eigenvalue weighted by Gasteiger charge is -2.44. The van der Waals surface area contributed by atoms with E-state index in [0.29, 0.717) is 48.4 Å². The summed E-state index contributed by atoms with van der Waals surface area (Å²) in [6, 6.07) is 14.2. The van der Waals surface area contributed by atoms with E-state index in [9.17, 15) is 4.79 Å². The number of carbonyl (C=O) groups excluding carboxylic acids is 1. The summed E-state index contributed by atoms with van der Waals surface area (Å²) in [5.41, 5.74) is 8.16. The maximum Gasteiger partial charge on any atom is 0.317 e. The average molecular weight is 507 g/mol. The van der Waals surface area contributed by atoms with Gasteiger partial charge >= 0.3 is 6.03 Å². The molecule has 0 aliphatic carbocycles. The molecular formula is C28H38N6O3. The molecule has 37 heavy (non-hydrogen) atoms. The molecule has 9 heteroatoms. The van der Waals surface area contributed by atoms with Crippen LogP contribution in [0, 0.1) is 0 Å². The maximum atomic E-state index is 12.7. The summed E-state index contributed by atoms with van der Waals surface area (Å²) in [6.07, 6.45) is 3.74. The third-order valence-corrected chi connectivity index (χ3v) is 7.30. The van der Waals surface area contributed by atoms with Gasteiger partial charge in [-0.2, -0.15) is 4.98 Å². The second kappa shape index (κ2) is 11.5. The van der Waals surface area contributed by atoms with Crippen molar-refractivity contribution in [2.24, 2.45) is 0 Å². The van der Waals surface area contributed by atoms with E-state index in [2.05, 4.69) is 46.4 Å². The van der Waals surface area contributed by atoms with E-state index in [4.69, 9.17) is 20.2 Å². The first-order chi connectivity index (χ1) is 17.9. The summed E-state index contributed by atoms with van der Waals surface area (Å²) in [4.78, 5) is 26.1. The van der Waals surface area contributed by atoms with Crippen LogP contribution in [0.4, 0.5) is 16.6 Å². The van der Waals surface area contributed by atoms with Crippen LogP contribution in [0.1, 0.15) is 38.2 Å². The minimum Gasteiger partial charge on any atom is -0.493 e. The molecule has 9 nitrogen and oxygen atoms in total. The molecule has 0 saturated carbocycles. The first-order valence-corrected chi connectivity index (χ1v) is 12.9. The van der Waals surface area contributed by atoms with Crippen molar-refractivity contribution >= 4 is 28.7 Å². The van der Waals surface area contributed by atoms with E-state index in [1.54, 1.807) is 20.3 Å². The first-order valence-electron chi connectivity index (χ1n) is 12.9. The predicted molar refractivity (Wildman–Crippen MR) is 148 cm³/mol. The van der Waals surface area contributed by atoms with Crippen molar-refractivity contribution < 1.29 is 14.3 Å². The fourth-order valence-corrected chi connectivity index (χ4v) is 5.11. The number of ether oxygens (including phenoxy) is 2. The molecule has 0 atom stereocenters. The Morgan fingerprint density at radius 1 is 1.11 bits per heavy atom. The Hall–Kier alpha value is -3.75. The van der Waals surface area contributed by atoms with E-state index < -0.39 is 0 Å². The monoisotopic (exact) mass is 506 g/mol. The summed E-state index contributed by atoms with van der Waals surface area (Å²) in [6.45, 7) is 4.92. The van der Waals surface area contributed by atoms with Gasteiger partial charge in [-0.15, -0.1) is 0 Å². The van der Waals surface area contributed by atoms with Gasteiger partial charge in [0.05, 0.1) is 19.7 Å². The van der Waals surface area contributed by atoms with Gasteiger partial charge in [0.25, 0.3) is 0 Å². The van der Waals surface area contributed by atoms with Gasteiger partial charge in [-0.1, -0.05) is 43.7 Å². The Kier molecular flexibility index (Phi) is 8.21. The summed E-state index contributed by atoms with van der Waals surface area (Å²) in [5.74, 6) is 2.11. The van der Waals surface area contributed by atoms with Crippen molar-refractivity contribution in [2.45, 2.75) is 38.0 Å². The molecule has 3 aromatic rings. The lowest BCUT2D eigenvalue weighted by Crippen LogP contribution is -2.52. The number of hydrogen-bond acceptors (Lipinski definition) is 7. The fraction of sp³-hybridized carbons (Fsp3) is 0.464. The standard InChI is InChI=1S/C28H38N6O3/c1-5-6-14-30-27(35)34-15-12-28(13-16-34,20-10-8-7-9-11-20)19-33(2)26-31-22-18-24(37-4)23(36-3)17-21(22)25(29)32-26/h7-11,17-18H,5-6,12-16,19H2,1-4H3,(H,30,35)(H2,29,31,32). The number of fused-ring (bicyclic) bond motifs is 1. The number of nitrogens with two attached hydrogens (primary N) is 1. The number of aromatic nitrogens is 2. The highest BCUT2D eigenvalue weighted by Gasteiger charge is 2.39. The van der Waals surface area contributed by atoms with Crippen molar-refractivity contribution in [2.75, 3.05) is 58.1 Å². The number of likely N-dealkylation sites (N-methyl/N-ethyl adjacent to an activating group) is 1. The van der Waals surface area contributed by atoms with E-state index in [0.717, 1.165) is 37.6 Å². The van der Waals surface area contributed by atoms with Crippen LogP contribution in [0.2, 0.25) is 0 Å². The number of benzene rings is 2. The normalized spacial score (nSPS) is 14.9. The Morgan fingerprint density at radius 3 is 2.43 bits per heavy atom. The zero-order valence-electron chi connectivity index (χ0n) is 22.3. The van der Waals surface area contributed by atoms with E-state index >= 15 is 0 Å². The van der Waals surface area contributed by atoms with Crippen LogP contribution >= 0.6 is 0 Å². The van der Waals surface area contributed by atoms with Gasteiger partial charge in [0.2, 0.25) is 5.95 Å². The molecule has 0 radical (unpaired) electrons. The molecule has 0 unspecified atom stereocenters. The van der Waals surface area contributed by atoms with E-state index in [1.165, 1.54) is 5.56 Å². The lowest BCUT2D eigenvalue weighted by molar-refractivity contribution is 0.158. The molecule has 2 aromatic carbocycles. The highest BCUT2D eigenvalue weighted by Crippen LogP contribution is 2.38. The van der Waals surface area contributed by atoms with Crippen molar-refractivity contribution in [1.29, 1.82) is 0 Å². The average Bonchev–Trinajstić information content (AvgIpc) is 2.93. The summed E-state index contributed by atoms with van der Waals surface area (Å²) in [7, 11) is 5.18. The SMILES string of the molecule is CCCCNC(=O)N1CCC(CN(C)c2nc(N)c3cc(OC)c(OC)cc3n2)(c2ccccc2)CC1. The van der Waals surface area contributed by atoms with E-state index in [1.807, 2.05) is 24.1 Å². The molecule has 0 spiro atoms. The molecule has 1 fully saturated rings. The number of nitrogens with zero attached hydrogens (tertiary/aromatic N) is 4. The smallest absolute Gasteiger partial charge is 0.317 e. The lowest BCUT2D eigenvalue weighted by atomic mass is 9.72. The maximum absolute atomic E-state index is 12.7. The second-order valence-corrected chi connectivity index (χ2v) is 9.71. The summed E-state index contributed by atoms with van der Waals surface area (Å²) in [5, 5.41) is 3.77. The molecule has 0 bridgehead atoms. The molecular weight excluding hydrogens is 468 g/mol. The summed E-state index contributed by atoms with van der Waals surface area (Å²) < 4.78 is 10.9. The number of hydrogen-bond donors (Lipinski definition) is 2. The zero-order valence-corrected chi connectivity index (χ0v) is 22.3. The van der Waals surface area contributed by atoms with Gasteiger partial charge in [0.15, 0.2) is 11.5 Å². The number of carbonyl (C=O) groups is 1. The number of nitrogen functional groups attached to an aromatic ring is 1. The molecule has 3 N–H and O–H groups in total. The third kappa shape index (κ3) is 5.65. The molecule has 4 rings (SSSR count). The third-order valence-electron chi connectivity index (χ3n) is 7.30. The van der Waals surface area contributed by atoms with E-state index in [-0.39, 0.29) is 11.4 Å². The van der Waals surface area contributed by atoms with Crippen LogP contribution in [0.15, 0.2) is 42.5 Å². The quantitative estimate of drug-likeness (QED) is 0.419. The first kappa shape index (κ1) is 26.3. The van der Waals surface area contributed by atoms with Crippen LogP contribution in [0.3, 0.4) is 0 Å². The number of rotatable bonds is 9. The second-order valence-electron chi connectivity index (χ2n) is 9.71. The van der Waals surface area contributed by atoms with Gasteiger partial charge in [-0.05, 0) is 30.9 Å². The molecule has 2 heterocycles. The Morgan fingerprint density at radius 2 is 1.78 bits per heavy atom. The number of unbranched alkanes of at least 4 members (excludes halogenated alkanes) is 1. The number of urea groups is 1. The summed E-state index contributed by atoms with van der Waals surface area (Å²) >= 11 is 0. The molecule has 1 aliphatic heterocycles. The molecule has 1 aliphatic rings. The molecule has 2 amide bonds. The van der Waals surface area contributed by atoms with Crippen molar-refractivity contribution in [3.8, 4) is 11.5 Å². The fourth-order valence-electron chi connectivity index (χ4n) is 5.11. The van der Waals surface area contributed by atoms with Crippen molar-refractivity contribution in [3.63, 3.8) is 0 Å². The Labute approximate surface area is 219 Å². The largest absolute Gasteiger partial charge is 0.493 e. The molecule has 1 aromatic heterocycles.